The number of hydrogen-bond acceptors (Lipinski definition) is 3. The molecule has 0 spiro atoms. The van der Waals surface area contributed by atoms with Gasteiger partial charge in [-0.3, -0.25) is 4.79 Å². The van der Waals surface area contributed by atoms with Crippen LogP contribution >= 0.6 is 34.8 Å². The average Bonchev–Trinajstić information content (AvgIpc) is 2.25. The third kappa shape index (κ3) is 4.78. The van der Waals surface area contributed by atoms with Gasteiger partial charge in [0.15, 0.2) is 11.8 Å². The number of halogens is 3. The molecule has 0 heterocycles. The van der Waals surface area contributed by atoms with E-state index in [1.807, 2.05) is 0 Å². The van der Waals surface area contributed by atoms with Gasteiger partial charge in [0.05, 0.1) is 10.0 Å². The second-order valence-electron chi connectivity index (χ2n) is 3.60. The molecule has 1 aromatic carbocycles. The lowest BCUT2D eigenvalue weighted by Gasteiger charge is -2.16. The number of rotatable bonds is 5. The second kappa shape index (κ2) is 6.84. The molecule has 2 N–H and O–H groups in total. The summed E-state index contributed by atoms with van der Waals surface area (Å²) >= 11 is 17.5. The van der Waals surface area contributed by atoms with Gasteiger partial charge in [-0.25, -0.2) is 4.79 Å². The van der Waals surface area contributed by atoms with Gasteiger partial charge >= 0.3 is 5.97 Å². The molecule has 19 heavy (non-hydrogen) atoms. The van der Waals surface area contributed by atoms with E-state index in [0.29, 0.717) is 5.02 Å². The Labute approximate surface area is 124 Å². The first-order valence-electron chi connectivity index (χ1n) is 5.08. The number of carbonyl (C=O) groups excluding carboxylic acids is 1. The van der Waals surface area contributed by atoms with E-state index in [1.54, 1.807) is 0 Å². The van der Waals surface area contributed by atoms with Crippen LogP contribution in [-0.2, 0) is 9.59 Å². The van der Waals surface area contributed by atoms with Crippen LogP contribution in [0.3, 0.4) is 0 Å². The first-order valence-corrected chi connectivity index (χ1v) is 6.22. The minimum atomic E-state index is -1.23. The molecule has 0 aliphatic rings. The van der Waals surface area contributed by atoms with Crippen molar-refractivity contribution in [3.05, 3.63) is 27.2 Å². The Balaban J connectivity index is 2.80. The molecule has 0 saturated heterocycles. The molecule has 0 bridgehead atoms. The molecule has 0 saturated carbocycles. The molecule has 8 heteroatoms. The fourth-order valence-corrected chi connectivity index (χ4v) is 2.18. The van der Waals surface area contributed by atoms with Crippen LogP contribution in [0.2, 0.25) is 15.1 Å². The molecule has 104 valence electrons. The molecule has 0 fully saturated rings. The Hall–Kier alpha value is -1.17. The summed E-state index contributed by atoms with van der Waals surface area (Å²) in [4.78, 5) is 21.7. The Bertz CT molecular complexity index is 484. The van der Waals surface area contributed by atoms with Crippen molar-refractivity contribution in [3.63, 3.8) is 0 Å². The van der Waals surface area contributed by atoms with Gasteiger partial charge in [-0.05, 0) is 12.1 Å². The highest BCUT2D eigenvalue weighted by Crippen LogP contribution is 2.35. The molecule has 1 unspecified atom stereocenters. The van der Waals surface area contributed by atoms with Crippen molar-refractivity contribution in [2.24, 2.45) is 0 Å². The molecule has 0 aliphatic carbocycles. The summed E-state index contributed by atoms with van der Waals surface area (Å²) < 4.78 is 5.23. The summed E-state index contributed by atoms with van der Waals surface area (Å²) in [7, 11) is 0. The fourth-order valence-electron chi connectivity index (χ4n) is 1.25. The van der Waals surface area contributed by atoms with Crippen molar-refractivity contribution in [2.45, 2.75) is 13.0 Å². The number of ether oxygens (including phenoxy) is 1. The quantitative estimate of drug-likeness (QED) is 0.872. The van der Waals surface area contributed by atoms with Crippen LogP contribution in [-0.4, -0.2) is 29.6 Å². The summed E-state index contributed by atoms with van der Waals surface area (Å²) in [5, 5.41) is 11.8. The van der Waals surface area contributed by atoms with Crippen molar-refractivity contribution >= 4 is 46.7 Å². The van der Waals surface area contributed by atoms with Gasteiger partial charge in [0.25, 0.3) is 0 Å². The van der Waals surface area contributed by atoms with Gasteiger partial charge in [0.2, 0.25) is 5.91 Å². The monoisotopic (exact) mass is 325 g/mol. The predicted octanol–water partition coefficient (Wildman–Crippen LogP) is 2.61. The maximum Gasteiger partial charge on any atom is 0.329 e. The highest BCUT2D eigenvalue weighted by atomic mass is 35.5. The maximum atomic E-state index is 10.9. The Morgan fingerprint density at radius 1 is 1.32 bits per heavy atom. The molecule has 1 rings (SSSR count). The number of carboxylic acids is 1. The first kappa shape index (κ1) is 15.9. The first-order chi connectivity index (χ1) is 8.81. The summed E-state index contributed by atoms with van der Waals surface area (Å²) in [5.41, 5.74) is 0. The normalized spacial score (nSPS) is 11.8. The number of carbonyl (C=O) groups is 2. The minimum Gasteiger partial charge on any atom is -0.488 e. The summed E-state index contributed by atoms with van der Waals surface area (Å²) in [5.74, 6) is -1.59. The number of hydrogen-bond donors (Lipinski definition) is 2. The lowest BCUT2D eigenvalue weighted by Crippen LogP contribution is -2.43. The van der Waals surface area contributed by atoms with Gasteiger partial charge in [-0.15, -0.1) is 0 Å². The van der Waals surface area contributed by atoms with Crippen LogP contribution in [0.15, 0.2) is 12.1 Å². The lowest BCUT2D eigenvalue weighted by atomic mass is 10.3. The van der Waals surface area contributed by atoms with E-state index in [2.05, 4.69) is 5.32 Å². The van der Waals surface area contributed by atoms with Crippen molar-refractivity contribution in [3.8, 4) is 5.75 Å². The van der Waals surface area contributed by atoms with E-state index in [-0.39, 0.29) is 22.4 Å². The molecule has 1 atom stereocenters. The molecule has 0 aliphatic heterocycles. The van der Waals surface area contributed by atoms with Crippen molar-refractivity contribution < 1.29 is 19.4 Å². The van der Waals surface area contributed by atoms with Crippen LogP contribution in [0.5, 0.6) is 5.75 Å². The van der Waals surface area contributed by atoms with Gasteiger partial charge in [-0.2, -0.15) is 0 Å². The third-order valence-corrected chi connectivity index (χ3v) is 2.81. The molecule has 1 amide bonds. The zero-order chi connectivity index (χ0) is 14.6. The maximum absolute atomic E-state index is 10.9. The zero-order valence-electron chi connectivity index (χ0n) is 9.75. The van der Waals surface area contributed by atoms with E-state index in [4.69, 9.17) is 44.6 Å². The fraction of sp³-hybridized carbons (Fsp3) is 0.273. The van der Waals surface area contributed by atoms with E-state index in [0.717, 1.165) is 0 Å². The van der Waals surface area contributed by atoms with Gasteiger partial charge in [0, 0.05) is 11.9 Å². The smallest absolute Gasteiger partial charge is 0.329 e. The van der Waals surface area contributed by atoms with E-state index in [9.17, 15) is 9.59 Å². The minimum absolute atomic E-state index is 0.115. The van der Waals surface area contributed by atoms with Crippen LogP contribution < -0.4 is 10.1 Å². The van der Waals surface area contributed by atoms with E-state index in [1.165, 1.54) is 19.1 Å². The number of aliphatic carboxylic acids is 1. The summed E-state index contributed by atoms with van der Waals surface area (Å²) in [6, 6.07) is 1.64. The zero-order valence-corrected chi connectivity index (χ0v) is 12.0. The molecular formula is C11H10Cl3NO4. The van der Waals surface area contributed by atoms with E-state index < -0.39 is 17.9 Å². The number of benzene rings is 1. The lowest BCUT2D eigenvalue weighted by molar-refractivity contribution is -0.142. The SMILES string of the molecule is CC(=O)NC(COc1c(Cl)cc(Cl)cc1Cl)C(=O)O. The second-order valence-corrected chi connectivity index (χ2v) is 4.85. The highest BCUT2D eigenvalue weighted by Gasteiger charge is 2.20. The Morgan fingerprint density at radius 2 is 1.84 bits per heavy atom. The standard InChI is InChI=1S/C11H10Cl3NO4/c1-5(16)15-9(11(17)18)4-19-10-7(13)2-6(12)3-8(10)14/h2-3,9H,4H2,1H3,(H,15,16)(H,17,18). The van der Waals surface area contributed by atoms with Crippen molar-refractivity contribution in [2.75, 3.05) is 6.61 Å². The molecule has 5 nitrogen and oxygen atoms in total. The molecule has 1 aromatic rings. The highest BCUT2D eigenvalue weighted by molar-refractivity contribution is 6.40. The van der Waals surface area contributed by atoms with Crippen LogP contribution in [0.25, 0.3) is 0 Å². The summed E-state index contributed by atoms with van der Waals surface area (Å²) in [6.45, 7) is 0.897. The average molecular weight is 327 g/mol. The number of amides is 1. The van der Waals surface area contributed by atoms with Crippen LogP contribution in [0.1, 0.15) is 6.92 Å². The van der Waals surface area contributed by atoms with Crippen LogP contribution in [0.4, 0.5) is 0 Å². The van der Waals surface area contributed by atoms with Gasteiger partial charge < -0.3 is 15.2 Å². The topological polar surface area (TPSA) is 75.6 Å². The van der Waals surface area contributed by atoms with Crippen molar-refractivity contribution in [1.29, 1.82) is 0 Å². The predicted molar refractivity (Wildman–Crippen MR) is 72.2 cm³/mol. The van der Waals surface area contributed by atoms with E-state index >= 15 is 0 Å². The van der Waals surface area contributed by atoms with Crippen molar-refractivity contribution in [1.82, 2.24) is 5.32 Å². The van der Waals surface area contributed by atoms with Gasteiger partial charge in [0.1, 0.15) is 6.61 Å². The molecule has 0 aromatic heterocycles. The molecular weight excluding hydrogens is 316 g/mol. The Kier molecular flexibility index (Phi) is 5.72. The molecule has 0 radical (unpaired) electrons. The summed E-state index contributed by atoms with van der Waals surface area (Å²) in [6.07, 6.45) is 0. The number of carboxylic acid groups (broad SMARTS) is 1. The third-order valence-electron chi connectivity index (χ3n) is 2.03. The van der Waals surface area contributed by atoms with Crippen LogP contribution in [0, 0.1) is 0 Å². The largest absolute Gasteiger partial charge is 0.488 e. The van der Waals surface area contributed by atoms with Gasteiger partial charge in [-0.1, -0.05) is 34.8 Å². The number of nitrogens with one attached hydrogen (secondary N) is 1. The Morgan fingerprint density at radius 3 is 2.26 bits per heavy atom.